The third kappa shape index (κ3) is 7.05. The maximum Gasteiger partial charge on any atom is 0.305 e. The topological polar surface area (TPSA) is 86.7 Å². The summed E-state index contributed by atoms with van der Waals surface area (Å²) in [4.78, 5) is 39.3. The molecular weight excluding hydrogens is 568 g/mol. The lowest BCUT2D eigenvalue weighted by molar-refractivity contribution is -0.136. The smallest absolute Gasteiger partial charge is 0.305 e. The van der Waals surface area contributed by atoms with E-state index < -0.39 is 5.97 Å². The Balaban J connectivity index is 1.46. The van der Waals surface area contributed by atoms with E-state index in [1.54, 1.807) is 12.1 Å². The van der Waals surface area contributed by atoms with E-state index in [1.165, 1.54) is 11.3 Å². The number of halogens is 1. The molecule has 1 heterocycles. The van der Waals surface area contributed by atoms with Crippen molar-refractivity contribution >= 4 is 50.8 Å². The second kappa shape index (κ2) is 13.5. The van der Waals surface area contributed by atoms with E-state index in [1.807, 2.05) is 77.0 Å². The van der Waals surface area contributed by atoms with Gasteiger partial charge in [-0.2, -0.15) is 0 Å². The molecule has 2 N–H and O–H groups in total. The fourth-order valence-electron chi connectivity index (χ4n) is 4.92. The van der Waals surface area contributed by atoms with Crippen LogP contribution in [0.4, 0.5) is 0 Å². The first-order valence-corrected chi connectivity index (χ1v) is 14.8. The molecular formula is C34H29ClN2O4S. The molecule has 0 bridgehead atoms. The van der Waals surface area contributed by atoms with Crippen molar-refractivity contribution in [3.63, 3.8) is 0 Å². The Morgan fingerprint density at radius 3 is 2.12 bits per heavy atom. The summed E-state index contributed by atoms with van der Waals surface area (Å²) in [5.41, 5.74) is 4.10. The van der Waals surface area contributed by atoms with Crippen LogP contribution in [-0.2, 0) is 11.3 Å². The maximum absolute atomic E-state index is 14.3. The molecule has 8 heteroatoms. The van der Waals surface area contributed by atoms with Crippen LogP contribution >= 0.6 is 22.9 Å². The lowest BCUT2D eigenvalue weighted by Crippen LogP contribution is -2.34. The van der Waals surface area contributed by atoms with E-state index in [2.05, 4.69) is 29.6 Å². The monoisotopic (exact) mass is 596 g/mol. The van der Waals surface area contributed by atoms with E-state index in [4.69, 9.17) is 16.7 Å². The molecule has 0 aliphatic rings. The van der Waals surface area contributed by atoms with E-state index in [-0.39, 0.29) is 30.7 Å². The normalized spacial score (nSPS) is 11.0. The molecule has 0 aliphatic heterocycles. The lowest BCUT2D eigenvalue weighted by atomic mass is 9.90. The number of nitrogens with zero attached hydrogens (tertiary/aromatic N) is 1. The van der Waals surface area contributed by atoms with Gasteiger partial charge >= 0.3 is 5.97 Å². The molecule has 0 aliphatic carbocycles. The number of aliphatic carboxylic acids is 1. The molecule has 5 rings (SSSR count). The van der Waals surface area contributed by atoms with Gasteiger partial charge in [-0.1, -0.05) is 84.4 Å². The predicted octanol–water partition coefficient (Wildman–Crippen LogP) is 7.23. The molecule has 5 aromatic rings. The summed E-state index contributed by atoms with van der Waals surface area (Å²) in [6.45, 7) is 0.813. The van der Waals surface area contributed by atoms with E-state index in [0.717, 1.165) is 26.8 Å². The summed E-state index contributed by atoms with van der Waals surface area (Å²) in [6, 6.07) is 32.9. The minimum absolute atomic E-state index is 0.0528. The molecule has 42 heavy (non-hydrogen) atoms. The van der Waals surface area contributed by atoms with Gasteiger partial charge in [0.1, 0.15) is 0 Å². The number of nitrogens with one attached hydrogen (secondary N) is 1. The number of amides is 2. The van der Waals surface area contributed by atoms with Crippen LogP contribution in [0, 0.1) is 0 Å². The minimum atomic E-state index is -0.972. The molecule has 0 spiro atoms. The van der Waals surface area contributed by atoms with Crippen molar-refractivity contribution in [3.05, 3.63) is 141 Å². The summed E-state index contributed by atoms with van der Waals surface area (Å²) >= 11 is 7.82. The third-order valence-corrected chi connectivity index (χ3v) is 8.27. The quantitative estimate of drug-likeness (QED) is 0.168. The van der Waals surface area contributed by atoms with Crippen molar-refractivity contribution in [1.82, 2.24) is 10.2 Å². The zero-order valence-electron chi connectivity index (χ0n) is 22.7. The first-order valence-electron chi connectivity index (χ1n) is 13.5. The standard InChI is InChI=1S/C34H29ClN2O4S/c35-27-15-16-31-28(19-27)30(22-42-31)34(41)37(20-23-11-13-26(14-12-23)33(40)36-18-17-32(38)39)21-29(24-7-3-1-4-8-24)25-9-5-2-6-10-25/h1-16,19,22,29H,17-18,20-21H2,(H,36,40)(H,38,39). The van der Waals surface area contributed by atoms with E-state index in [9.17, 15) is 14.4 Å². The van der Waals surface area contributed by atoms with Gasteiger partial charge in [-0.15, -0.1) is 11.3 Å². The van der Waals surface area contributed by atoms with Gasteiger partial charge in [0.05, 0.1) is 12.0 Å². The Hall–Kier alpha value is -4.46. The minimum Gasteiger partial charge on any atom is -0.481 e. The van der Waals surface area contributed by atoms with Crippen molar-refractivity contribution in [2.45, 2.75) is 18.9 Å². The molecule has 6 nitrogen and oxygen atoms in total. The molecule has 0 atom stereocenters. The van der Waals surface area contributed by atoms with Crippen LogP contribution < -0.4 is 5.32 Å². The lowest BCUT2D eigenvalue weighted by Gasteiger charge is -2.29. The number of fused-ring (bicyclic) bond motifs is 1. The number of benzene rings is 4. The van der Waals surface area contributed by atoms with Crippen molar-refractivity contribution in [3.8, 4) is 0 Å². The number of rotatable bonds is 11. The number of carbonyl (C=O) groups is 3. The van der Waals surface area contributed by atoms with Crippen molar-refractivity contribution in [2.75, 3.05) is 13.1 Å². The highest BCUT2D eigenvalue weighted by Gasteiger charge is 2.25. The Morgan fingerprint density at radius 1 is 0.857 bits per heavy atom. The zero-order valence-corrected chi connectivity index (χ0v) is 24.3. The zero-order chi connectivity index (χ0) is 29.5. The molecule has 0 fully saturated rings. The summed E-state index contributed by atoms with van der Waals surface area (Å²) in [7, 11) is 0. The predicted molar refractivity (Wildman–Crippen MR) is 167 cm³/mol. The average Bonchev–Trinajstić information content (AvgIpc) is 3.43. The fourth-order valence-corrected chi connectivity index (χ4v) is 6.01. The van der Waals surface area contributed by atoms with Crippen LogP contribution in [0.15, 0.2) is 109 Å². The Labute approximate surface area is 253 Å². The Bertz CT molecular complexity index is 1650. The average molecular weight is 597 g/mol. The number of hydrogen-bond acceptors (Lipinski definition) is 4. The summed E-state index contributed by atoms with van der Waals surface area (Å²) in [5.74, 6) is -1.48. The summed E-state index contributed by atoms with van der Waals surface area (Å²) in [5, 5.41) is 14.7. The highest BCUT2D eigenvalue weighted by Crippen LogP contribution is 2.32. The first kappa shape index (κ1) is 29.0. The van der Waals surface area contributed by atoms with Crippen molar-refractivity contribution < 1.29 is 19.5 Å². The number of carbonyl (C=O) groups excluding carboxylic acids is 2. The van der Waals surface area contributed by atoms with Gasteiger partial charge in [-0.3, -0.25) is 14.4 Å². The second-order valence-electron chi connectivity index (χ2n) is 9.95. The van der Waals surface area contributed by atoms with Crippen LogP contribution in [0.3, 0.4) is 0 Å². The van der Waals surface area contributed by atoms with Crippen LogP contribution in [0.25, 0.3) is 10.1 Å². The van der Waals surface area contributed by atoms with Crippen molar-refractivity contribution in [1.29, 1.82) is 0 Å². The van der Waals surface area contributed by atoms with Gasteiger partial charge < -0.3 is 15.3 Å². The highest BCUT2D eigenvalue weighted by atomic mass is 35.5. The van der Waals surface area contributed by atoms with Crippen LogP contribution in [-0.4, -0.2) is 40.9 Å². The summed E-state index contributed by atoms with van der Waals surface area (Å²) < 4.78 is 0.989. The van der Waals surface area contributed by atoms with Gasteiger partial charge in [0.2, 0.25) is 0 Å². The molecule has 212 valence electrons. The Morgan fingerprint density at radius 2 is 1.50 bits per heavy atom. The van der Waals surface area contributed by atoms with Gasteiger partial charge in [-0.25, -0.2) is 0 Å². The SMILES string of the molecule is O=C(O)CCNC(=O)c1ccc(CN(CC(c2ccccc2)c2ccccc2)C(=O)c2csc3ccc(Cl)cc23)cc1. The summed E-state index contributed by atoms with van der Waals surface area (Å²) in [6.07, 6.45) is -0.145. The first-order chi connectivity index (χ1) is 20.4. The Kier molecular flexibility index (Phi) is 9.31. The van der Waals surface area contributed by atoms with Crippen LogP contribution in [0.1, 0.15) is 49.7 Å². The number of hydrogen-bond donors (Lipinski definition) is 2. The molecule has 0 radical (unpaired) electrons. The van der Waals surface area contributed by atoms with E-state index in [0.29, 0.717) is 29.2 Å². The van der Waals surface area contributed by atoms with Gasteiger partial charge in [0.15, 0.2) is 0 Å². The van der Waals surface area contributed by atoms with E-state index >= 15 is 0 Å². The third-order valence-electron chi connectivity index (χ3n) is 7.07. The van der Waals surface area contributed by atoms with Gasteiger partial charge in [0, 0.05) is 51.6 Å². The molecule has 0 saturated heterocycles. The fraction of sp³-hybridized carbons (Fsp3) is 0.147. The molecule has 0 saturated carbocycles. The van der Waals surface area contributed by atoms with Gasteiger partial charge in [-0.05, 0) is 47.0 Å². The highest BCUT2D eigenvalue weighted by molar-refractivity contribution is 7.17. The van der Waals surface area contributed by atoms with Gasteiger partial charge in [0.25, 0.3) is 11.8 Å². The maximum atomic E-state index is 14.3. The number of thiophene rings is 1. The second-order valence-corrected chi connectivity index (χ2v) is 11.3. The number of carboxylic acids is 1. The molecule has 1 aromatic heterocycles. The molecule has 2 amide bonds. The largest absolute Gasteiger partial charge is 0.481 e. The number of carboxylic acid groups (broad SMARTS) is 1. The van der Waals surface area contributed by atoms with Crippen LogP contribution in [0.5, 0.6) is 0 Å². The molecule has 0 unspecified atom stereocenters. The van der Waals surface area contributed by atoms with Crippen molar-refractivity contribution in [2.24, 2.45) is 0 Å². The molecule has 4 aromatic carbocycles. The van der Waals surface area contributed by atoms with Crippen LogP contribution in [0.2, 0.25) is 5.02 Å².